The van der Waals surface area contributed by atoms with Crippen LogP contribution in [0.2, 0.25) is 0 Å². The first kappa shape index (κ1) is 36.8. The minimum Gasteiger partial charge on any atom is -0.311 e. The van der Waals surface area contributed by atoms with Gasteiger partial charge in [0.1, 0.15) is 0 Å². The number of aromatic nitrogens is 1. The van der Waals surface area contributed by atoms with Crippen LogP contribution in [0.4, 0.5) is 17.1 Å². The van der Waals surface area contributed by atoms with E-state index in [9.17, 15) is 0 Å². The van der Waals surface area contributed by atoms with Crippen molar-refractivity contribution in [3.05, 3.63) is 255 Å². The zero-order valence-corrected chi connectivity index (χ0v) is 34.1. The third-order valence-corrected chi connectivity index (χ3v) is 12.0. The number of hydrogen-bond acceptors (Lipinski definition) is 1. The summed E-state index contributed by atoms with van der Waals surface area (Å²) < 4.78 is 2.45. The Morgan fingerprint density at radius 1 is 0.242 bits per heavy atom. The molecule has 1 heterocycles. The van der Waals surface area contributed by atoms with Crippen LogP contribution < -0.4 is 4.90 Å². The third kappa shape index (κ3) is 6.94. The van der Waals surface area contributed by atoms with Gasteiger partial charge in [-0.15, -0.1) is 0 Å². The van der Waals surface area contributed by atoms with Crippen molar-refractivity contribution < 1.29 is 0 Å². The first-order valence-electron chi connectivity index (χ1n) is 21.3. The van der Waals surface area contributed by atoms with Gasteiger partial charge in [0.15, 0.2) is 0 Å². The second-order valence-corrected chi connectivity index (χ2v) is 15.8. The molecule has 1 aromatic heterocycles. The molecular formula is C60H42N2. The fourth-order valence-corrected chi connectivity index (χ4v) is 8.91. The summed E-state index contributed by atoms with van der Waals surface area (Å²) in [7, 11) is 0. The Kier molecular flexibility index (Phi) is 9.57. The molecule has 2 heteroatoms. The number of benzene rings is 10. The van der Waals surface area contributed by atoms with Gasteiger partial charge in [0.2, 0.25) is 0 Å². The molecule has 0 atom stereocenters. The number of para-hydroxylation sites is 2. The molecule has 0 aliphatic carbocycles. The van der Waals surface area contributed by atoms with E-state index in [2.05, 4.69) is 264 Å². The summed E-state index contributed by atoms with van der Waals surface area (Å²) in [6.07, 6.45) is 0. The molecule has 0 fully saturated rings. The van der Waals surface area contributed by atoms with Crippen molar-refractivity contribution in [1.82, 2.24) is 4.57 Å². The van der Waals surface area contributed by atoms with Crippen molar-refractivity contribution >= 4 is 38.9 Å². The van der Waals surface area contributed by atoms with Gasteiger partial charge in [-0.25, -0.2) is 0 Å². The second kappa shape index (κ2) is 16.1. The molecule has 0 amide bonds. The monoisotopic (exact) mass is 790 g/mol. The van der Waals surface area contributed by atoms with Gasteiger partial charge < -0.3 is 9.47 Å². The van der Waals surface area contributed by atoms with Crippen LogP contribution in [0.3, 0.4) is 0 Å². The molecule has 0 spiro atoms. The Labute approximate surface area is 362 Å². The Morgan fingerprint density at radius 2 is 0.597 bits per heavy atom. The Hall–Kier alpha value is -8.20. The van der Waals surface area contributed by atoms with E-state index in [0.717, 1.165) is 28.3 Å². The lowest BCUT2D eigenvalue weighted by Gasteiger charge is -2.26. The highest BCUT2D eigenvalue weighted by Gasteiger charge is 2.18. The minimum atomic E-state index is 1.09. The molecule has 0 saturated heterocycles. The predicted octanol–water partition coefficient (Wildman–Crippen LogP) is 16.6. The fourth-order valence-electron chi connectivity index (χ4n) is 8.91. The first-order chi connectivity index (χ1) is 30.7. The standard InChI is InChI=1S/C60H42N2/c1-4-14-43(15-5-1)46-24-26-49(27-25-46)51-34-41-57-56-21-11-13-23-59(56)62(60(57)42-51)58-22-12-10-20-55(58)50-32-39-54(40-33-50)61(52-35-28-47(29-36-52)44-16-6-2-7-17-44)53-37-30-48(31-38-53)45-18-8-3-9-19-45/h1-42H. The lowest BCUT2D eigenvalue weighted by atomic mass is 9.99. The highest BCUT2D eigenvalue weighted by molar-refractivity contribution is 6.10. The highest BCUT2D eigenvalue weighted by Crippen LogP contribution is 2.41. The Bertz CT molecular complexity index is 3190. The summed E-state index contributed by atoms with van der Waals surface area (Å²) >= 11 is 0. The SMILES string of the molecule is c1ccc(-c2ccc(-c3ccc4c5ccccc5n(-c5ccccc5-c5ccc(N(c6ccc(-c7ccccc7)cc6)c6ccc(-c7ccccc7)cc6)cc5)c4c3)cc2)cc1. The maximum absolute atomic E-state index is 2.45. The molecule has 11 rings (SSSR count). The van der Waals surface area contributed by atoms with Gasteiger partial charge in [0.25, 0.3) is 0 Å². The van der Waals surface area contributed by atoms with Gasteiger partial charge in [-0.1, -0.05) is 200 Å². The number of hydrogen-bond donors (Lipinski definition) is 0. The van der Waals surface area contributed by atoms with E-state index < -0.39 is 0 Å². The quantitative estimate of drug-likeness (QED) is 0.141. The van der Waals surface area contributed by atoms with Crippen molar-refractivity contribution in [1.29, 1.82) is 0 Å². The summed E-state index contributed by atoms with van der Waals surface area (Å²) in [6, 6.07) is 92.0. The molecule has 0 radical (unpaired) electrons. The first-order valence-corrected chi connectivity index (χ1v) is 21.3. The molecule has 0 aliphatic rings. The van der Waals surface area contributed by atoms with Crippen LogP contribution in [0.15, 0.2) is 255 Å². The Morgan fingerprint density at radius 3 is 1.11 bits per heavy atom. The molecule has 0 bridgehead atoms. The summed E-state index contributed by atoms with van der Waals surface area (Å²) in [4.78, 5) is 2.35. The largest absolute Gasteiger partial charge is 0.311 e. The summed E-state index contributed by atoms with van der Waals surface area (Å²) in [5.41, 5.74) is 18.8. The fraction of sp³-hybridized carbons (Fsp3) is 0. The van der Waals surface area contributed by atoms with Gasteiger partial charge in [0.05, 0.1) is 16.7 Å². The third-order valence-electron chi connectivity index (χ3n) is 12.0. The molecule has 62 heavy (non-hydrogen) atoms. The molecule has 2 nitrogen and oxygen atoms in total. The smallest absolute Gasteiger partial charge is 0.0547 e. The van der Waals surface area contributed by atoms with E-state index in [1.165, 1.54) is 71.9 Å². The van der Waals surface area contributed by atoms with Crippen molar-refractivity contribution in [3.63, 3.8) is 0 Å². The van der Waals surface area contributed by atoms with E-state index in [4.69, 9.17) is 0 Å². The molecule has 0 N–H and O–H groups in total. The van der Waals surface area contributed by atoms with Gasteiger partial charge in [-0.2, -0.15) is 0 Å². The summed E-state index contributed by atoms with van der Waals surface area (Å²) in [5.74, 6) is 0. The van der Waals surface area contributed by atoms with Gasteiger partial charge >= 0.3 is 0 Å². The zero-order chi connectivity index (χ0) is 41.2. The molecule has 11 aromatic rings. The van der Waals surface area contributed by atoms with Crippen LogP contribution in [0, 0.1) is 0 Å². The maximum Gasteiger partial charge on any atom is 0.0547 e. The molecule has 0 saturated carbocycles. The number of anilines is 3. The van der Waals surface area contributed by atoms with E-state index in [-0.39, 0.29) is 0 Å². The molecular weight excluding hydrogens is 749 g/mol. The number of fused-ring (bicyclic) bond motifs is 3. The van der Waals surface area contributed by atoms with Crippen LogP contribution in [0.25, 0.3) is 83.1 Å². The van der Waals surface area contributed by atoms with E-state index >= 15 is 0 Å². The Balaban J connectivity index is 0.984. The summed E-state index contributed by atoms with van der Waals surface area (Å²) in [6.45, 7) is 0. The van der Waals surface area contributed by atoms with Gasteiger partial charge in [0, 0.05) is 33.4 Å². The average molecular weight is 791 g/mol. The van der Waals surface area contributed by atoms with Crippen LogP contribution in [-0.4, -0.2) is 4.57 Å². The normalized spacial score (nSPS) is 11.2. The zero-order valence-electron chi connectivity index (χ0n) is 34.1. The van der Waals surface area contributed by atoms with Gasteiger partial charge in [-0.05, 0) is 105 Å². The molecule has 10 aromatic carbocycles. The van der Waals surface area contributed by atoms with E-state index in [0.29, 0.717) is 0 Å². The van der Waals surface area contributed by atoms with Crippen molar-refractivity contribution in [2.75, 3.05) is 4.90 Å². The van der Waals surface area contributed by atoms with E-state index in [1.807, 2.05) is 0 Å². The number of nitrogens with zero attached hydrogens (tertiary/aromatic N) is 2. The van der Waals surface area contributed by atoms with Crippen LogP contribution in [-0.2, 0) is 0 Å². The summed E-state index contributed by atoms with van der Waals surface area (Å²) in [5, 5.41) is 2.48. The van der Waals surface area contributed by atoms with Crippen LogP contribution in [0.5, 0.6) is 0 Å². The van der Waals surface area contributed by atoms with E-state index in [1.54, 1.807) is 0 Å². The van der Waals surface area contributed by atoms with Crippen LogP contribution in [0.1, 0.15) is 0 Å². The minimum absolute atomic E-state index is 1.09. The molecule has 292 valence electrons. The van der Waals surface area contributed by atoms with Crippen molar-refractivity contribution in [2.45, 2.75) is 0 Å². The topological polar surface area (TPSA) is 8.17 Å². The predicted molar refractivity (Wildman–Crippen MR) is 263 cm³/mol. The van der Waals surface area contributed by atoms with Crippen molar-refractivity contribution in [3.8, 4) is 61.3 Å². The number of rotatable bonds is 9. The van der Waals surface area contributed by atoms with Gasteiger partial charge in [-0.3, -0.25) is 0 Å². The maximum atomic E-state index is 2.45. The van der Waals surface area contributed by atoms with Crippen LogP contribution >= 0.6 is 0 Å². The average Bonchev–Trinajstić information content (AvgIpc) is 3.69. The lowest BCUT2D eigenvalue weighted by Crippen LogP contribution is -2.09. The molecule has 0 unspecified atom stereocenters. The second-order valence-electron chi connectivity index (χ2n) is 15.8. The van der Waals surface area contributed by atoms with Crippen molar-refractivity contribution in [2.24, 2.45) is 0 Å². The molecule has 0 aliphatic heterocycles. The lowest BCUT2D eigenvalue weighted by molar-refractivity contribution is 1.18. The highest BCUT2D eigenvalue weighted by atomic mass is 15.1.